The van der Waals surface area contributed by atoms with Crippen LogP contribution in [-0.4, -0.2) is 29.0 Å². The molecule has 134 valence electrons. The molecule has 1 saturated carbocycles. The van der Waals surface area contributed by atoms with Gasteiger partial charge in [0.1, 0.15) is 0 Å². The van der Waals surface area contributed by atoms with Crippen molar-refractivity contribution >= 4 is 22.8 Å². The van der Waals surface area contributed by atoms with E-state index >= 15 is 0 Å². The van der Waals surface area contributed by atoms with Gasteiger partial charge >= 0.3 is 5.97 Å². The molecule has 2 N–H and O–H groups in total. The van der Waals surface area contributed by atoms with Crippen molar-refractivity contribution < 1.29 is 14.3 Å². The molecule has 0 bridgehead atoms. The molecule has 1 aromatic heterocycles. The van der Waals surface area contributed by atoms with E-state index in [9.17, 15) is 9.59 Å². The number of para-hydroxylation sites is 1. The van der Waals surface area contributed by atoms with Crippen molar-refractivity contribution in [3.63, 3.8) is 0 Å². The second kappa shape index (κ2) is 7.72. The second-order valence-corrected chi connectivity index (χ2v) is 7.05. The molecule has 1 heterocycles. The minimum Gasteiger partial charge on any atom is -0.452 e. The average Bonchev–Trinajstić information content (AvgIpc) is 3.00. The van der Waals surface area contributed by atoms with Crippen molar-refractivity contribution in [1.82, 2.24) is 10.3 Å². The topological polar surface area (TPSA) is 71.2 Å². The van der Waals surface area contributed by atoms with Crippen LogP contribution in [-0.2, 0) is 20.7 Å². The fraction of sp³-hybridized carbons (Fsp3) is 0.500. The molecule has 2 aromatic rings. The molecule has 5 nitrogen and oxygen atoms in total. The lowest BCUT2D eigenvalue weighted by atomic mass is 9.86. The fourth-order valence-electron chi connectivity index (χ4n) is 3.56. The summed E-state index contributed by atoms with van der Waals surface area (Å²) in [6.07, 6.45) is 5.71. The number of hydrogen-bond acceptors (Lipinski definition) is 3. The van der Waals surface area contributed by atoms with Crippen molar-refractivity contribution in [2.45, 2.75) is 58.1 Å². The molecule has 1 aliphatic carbocycles. The minimum atomic E-state index is -0.771. The van der Waals surface area contributed by atoms with E-state index < -0.39 is 6.10 Å². The van der Waals surface area contributed by atoms with Crippen LogP contribution in [0.25, 0.3) is 10.9 Å². The number of aromatic nitrogens is 1. The first-order valence-electron chi connectivity index (χ1n) is 9.09. The number of carbonyl (C=O) groups is 2. The van der Waals surface area contributed by atoms with Gasteiger partial charge in [-0.15, -0.1) is 0 Å². The van der Waals surface area contributed by atoms with Crippen LogP contribution in [0, 0.1) is 5.92 Å². The summed E-state index contributed by atoms with van der Waals surface area (Å²) in [5.41, 5.74) is 1.87. The molecule has 0 spiro atoms. The van der Waals surface area contributed by atoms with E-state index in [1.165, 1.54) is 6.42 Å². The van der Waals surface area contributed by atoms with Crippen LogP contribution in [0.15, 0.2) is 30.5 Å². The van der Waals surface area contributed by atoms with Crippen molar-refractivity contribution in [3.8, 4) is 0 Å². The van der Waals surface area contributed by atoms with Crippen LogP contribution in [0.4, 0.5) is 0 Å². The van der Waals surface area contributed by atoms with Gasteiger partial charge in [0.2, 0.25) is 0 Å². The molecule has 3 atom stereocenters. The highest BCUT2D eigenvalue weighted by Crippen LogP contribution is 2.24. The summed E-state index contributed by atoms with van der Waals surface area (Å²) in [6.45, 7) is 3.80. The second-order valence-electron chi connectivity index (χ2n) is 7.05. The lowest BCUT2D eigenvalue weighted by Gasteiger charge is -2.30. The van der Waals surface area contributed by atoms with Gasteiger partial charge in [0.15, 0.2) is 6.10 Å². The Bertz CT molecular complexity index is 752. The molecular formula is C20H26N2O3. The Morgan fingerprint density at radius 2 is 2.04 bits per heavy atom. The summed E-state index contributed by atoms with van der Waals surface area (Å²) in [6, 6.07) is 8.00. The van der Waals surface area contributed by atoms with Gasteiger partial charge < -0.3 is 15.0 Å². The Kier molecular flexibility index (Phi) is 5.41. The lowest BCUT2D eigenvalue weighted by Crippen LogP contribution is -2.46. The Balaban J connectivity index is 1.54. The van der Waals surface area contributed by atoms with Crippen molar-refractivity contribution in [2.24, 2.45) is 5.92 Å². The Morgan fingerprint density at radius 1 is 1.28 bits per heavy atom. The van der Waals surface area contributed by atoms with Gasteiger partial charge in [-0.1, -0.05) is 38.0 Å². The zero-order valence-corrected chi connectivity index (χ0v) is 14.9. The molecule has 5 heteroatoms. The maximum atomic E-state index is 12.3. The number of aromatic amines is 1. The van der Waals surface area contributed by atoms with Gasteiger partial charge in [0.25, 0.3) is 5.91 Å². The van der Waals surface area contributed by atoms with Crippen molar-refractivity contribution in [2.75, 3.05) is 0 Å². The molecule has 1 amide bonds. The van der Waals surface area contributed by atoms with Gasteiger partial charge in [-0.3, -0.25) is 9.59 Å². The SMILES string of the molecule is C[C@H](OC(=O)Cc1c[nH]c2ccccc12)C(=O)N[C@@H]1CCCC[C@H]1C. The molecule has 0 saturated heterocycles. The first-order valence-corrected chi connectivity index (χ1v) is 9.09. The number of fused-ring (bicyclic) bond motifs is 1. The van der Waals surface area contributed by atoms with Crippen LogP contribution in [0.3, 0.4) is 0 Å². The van der Waals surface area contributed by atoms with E-state index in [-0.39, 0.29) is 24.3 Å². The van der Waals surface area contributed by atoms with Gasteiger partial charge in [0, 0.05) is 23.1 Å². The quantitative estimate of drug-likeness (QED) is 0.819. The van der Waals surface area contributed by atoms with E-state index in [4.69, 9.17) is 4.74 Å². The van der Waals surface area contributed by atoms with Crippen LogP contribution < -0.4 is 5.32 Å². The number of ether oxygens (including phenoxy) is 1. The van der Waals surface area contributed by atoms with Gasteiger partial charge in [-0.05, 0) is 37.3 Å². The zero-order chi connectivity index (χ0) is 17.8. The number of nitrogens with one attached hydrogen (secondary N) is 2. The monoisotopic (exact) mass is 342 g/mol. The number of amides is 1. The third-order valence-electron chi connectivity index (χ3n) is 5.13. The molecule has 3 rings (SSSR count). The normalized spacial score (nSPS) is 21.7. The van der Waals surface area contributed by atoms with Crippen LogP contribution in [0.1, 0.15) is 45.1 Å². The molecule has 25 heavy (non-hydrogen) atoms. The van der Waals surface area contributed by atoms with E-state index in [1.54, 1.807) is 6.92 Å². The van der Waals surface area contributed by atoms with E-state index in [1.807, 2.05) is 30.5 Å². The summed E-state index contributed by atoms with van der Waals surface area (Å²) >= 11 is 0. The van der Waals surface area contributed by atoms with Crippen LogP contribution in [0.2, 0.25) is 0 Å². The number of esters is 1. The Labute approximate surface area is 148 Å². The summed E-state index contributed by atoms with van der Waals surface area (Å²) in [7, 11) is 0. The number of H-pyrrole nitrogens is 1. The third kappa shape index (κ3) is 4.21. The smallest absolute Gasteiger partial charge is 0.311 e. The average molecular weight is 342 g/mol. The highest BCUT2D eigenvalue weighted by molar-refractivity contribution is 5.88. The maximum Gasteiger partial charge on any atom is 0.311 e. The Hall–Kier alpha value is -2.30. The summed E-state index contributed by atoms with van der Waals surface area (Å²) < 4.78 is 5.35. The van der Waals surface area contributed by atoms with E-state index in [2.05, 4.69) is 17.2 Å². The molecule has 0 aliphatic heterocycles. The lowest BCUT2D eigenvalue weighted by molar-refractivity contribution is -0.154. The van der Waals surface area contributed by atoms with E-state index in [0.717, 1.165) is 35.7 Å². The molecule has 0 radical (unpaired) electrons. The number of benzene rings is 1. The molecular weight excluding hydrogens is 316 g/mol. The predicted octanol–water partition coefficient (Wildman–Crippen LogP) is 3.34. The van der Waals surface area contributed by atoms with Gasteiger partial charge in [-0.2, -0.15) is 0 Å². The summed E-state index contributed by atoms with van der Waals surface area (Å²) in [5.74, 6) is -0.109. The molecule has 1 fully saturated rings. The minimum absolute atomic E-state index is 0.154. The van der Waals surface area contributed by atoms with Crippen LogP contribution in [0.5, 0.6) is 0 Å². The third-order valence-corrected chi connectivity index (χ3v) is 5.13. The van der Waals surface area contributed by atoms with Gasteiger partial charge in [-0.25, -0.2) is 0 Å². The molecule has 1 aliphatic rings. The first kappa shape index (κ1) is 17.5. The highest BCUT2D eigenvalue weighted by Gasteiger charge is 2.26. The molecule has 0 unspecified atom stereocenters. The predicted molar refractivity (Wildman–Crippen MR) is 97.1 cm³/mol. The van der Waals surface area contributed by atoms with Crippen molar-refractivity contribution in [3.05, 3.63) is 36.0 Å². The first-order chi connectivity index (χ1) is 12.0. The van der Waals surface area contributed by atoms with Crippen LogP contribution >= 0.6 is 0 Å². The van der Waals surface area contributed by atoms with E-state index in [0.29, 0.717) is 5.92 Å². The number of carbonyl (C=O) groups excluding carboxylic acids is 2. The Morgan fingerprint density at radius 3 is 2.84 bits per heavy atom. The van der Waals surface area contributed by atoms with Gasteiger partial charge in [0.05, 0.1) is 6.42 Å². The maximum absolute atomic E-state index is 12.3. The number of hydrogen-bond donors (Lipinski definition) is 2. The standard InChI is InChI=1S/C20H26N2O3/c1-13-7-3-5-9-17(13)22-20(24)14(2)25-19(23)11-15-12-21-18-10-6-4-8-16(15)18/h4,6,8,10,12-14,17,21H,3,5,7,9,11H2,1-2H3,(H,22,24)/t13-,14+,17-/m1/s1. The zero-order valence-electron chi connectivity index (χ0n) is 14.9. The van der Waals surface area contributed by atoms with Crippen molar-refractivity contribution in [1.29, 1.82) is 0 Å². The highest BCUT2D eigenvalue weighted by atomic mass is 16.5. The largest absolute Gasteiger partial charge is 0.452 e. The number of rotatable bonds is 5. The fourth-order valence-corrected chi connectivity index (χ4v) is 3.56. The summed E-state index contributed by atoms with van der Waals surface area (Å²) in [4.78, 5) is 27.7. The molecule has 1 aromatic carbocycles. The summed E-state index contributed by atoms with van der Waals surface area (Å²) in [5, 5.41) is 4.05.